The van der Waals surface area contributed by atoms with Gasteiger partial charge < -0.3 is 14.4 Å². The van der Waals surface area contributed by atoms with E-state index in [1.807, 2.05) is 46.8 Å². The molecule has 0 spiro atoms. The molecule has 5 nitrogen and oxygen atoms in total. The second-order valence-electron chi connectivity index (χ2n) is 6.59. The lowest BCUT2D eigenvalue weighted by Crippen LogP contribution is -2.41. The first-order valence-electron chi connectivity index (χ1n) is 7.12. The molecular formula is C15H22BNO4. The van der Waals surface area contributed by atoms with Gasteiger partial charge in [0.15, 0.2) is 0 Å². The van der Waals surface area contributed by atoms with Crippen LogP contribution in [0.15, 0.2) is 18.3 Å². The second-order valence-corrected chi connectivity index (χ2v) is 6.59. The van der Waals surface area contributed by atoms with E-state index in [-0.39, 0.29) is 6.42 Å². The van der Waals surface area contributed by atoms with Crippen LogP contribution in [-0.4, -0.2) is 34.4 Å². The van der Waals surface area contributed by atoms with Crippen LogP contribution in [0.1, 0.15) is 51.2 Å². The Morgan fingerprint density at radius 1 is 1.33 bits per heavy atom. The van der Waals surface area contributed by atoms with Gasteiger partial charge in [0.1, 0.15) is 0 Å². The number of carbonyl (C=O) groups is 1. The van der Waals surface area contributed by atoms with Gasteiger partial charge in [-0.05, 0) is 52.3 Å². The van der Waals surface area contributed by atoms with Gasteiger partial charge in [-0.25, -0.2) is 0 Å². The highest BCUT2D eigenvalue weighted by molar-refractivity contribution is 6.48. The zero-order chi connectivity index (χ0) is 15.8. The Bertz CT molecular complexity index is 528. The minimum absolute atomic E-state index is 0.0761. The summed E-state index contributed by atoms with van der Waals surface area (Å²) in [4.78, 5) is 15.5. The second kappa shape index (κ2) is 5.42. The molecule has 0 amide bonds. The van der Waals surface area contributed by atoms with E-state index in [1.165, 1.54) is 0 Å². The summed E-state index contributed by atoms with van der Waals surface area (Å²) in [5.41, 5.74) is 0.749. The number of nitrogens with zero attached hydrogens (tertiary/aromatic N) is 1. The van der Waals surface area contributed by atoms with Crippen LogP contribution in [0.3, 0.4) is 0 Å². The SMILES string of the molecule is Cc1ccnc(C(CC(=O)O)B2OC(C)(C)C(C)(C)O2)c1. The van der Waals surface area contributed by atoms with Crippen LogP contribution >= 0.6 is 0 Å². The van der Waals surface area contributed by atoms with Crippen molar-refractivity contribution in [2.45, 2.75) is 58.1 Å². The van der Waals surface area contributed by atoms with Crippen molar-refractivity contribution < 1.29 is 19.2 Å². The third-order valence-electron chi connectivity index (χ3n) is 4.31. The molecule has 1 atom stereocenters. The summed E-state index contributed by atoms with van der Waals surface area (Å²) in [6, 6.07) is 3.77. The summed E-state index contributed by atoms with van der Waals surface area (Å²) in [6.07, 6.45) is 1.61. The third kappa shape index (κ3) is 3.27. The molecule has 1 aliphatic rings. The molecule has 114 valence electrons. The zero-order valence-electron chi connectivity index (χ0n) is 13.2. The first kappa shape index (κ1) is 16.0. The Kier molecular flexibility index (Phi) is 4.13. The molecule has 1 unspecified atom stereocenters. The fraction of sp³-hybridized carbons (Fsp3) is 0.600. The standard InChI is InChI=1S/C15H22BNO4/c1-10-6-7-17-12(8-10)11(9-13(18)19)16-20-14(2,3)15(4,5)21-16/h6-8,11H,9H2,1-5H3,(H,18,19). The molecule has 1 aromatic rings. The molecule has 0 bridgehead atoms. The van der Waals surface area contributed by atoms with E-state index < -0.39 is 30.1 Å². The smallest absolute Gasteiger partial charge is 0.468 e. The summed E-state index contributed by atoms with van der Waals surface area (Å²) in [5, 5.41) is 9.20. The summed E-state index contributed by atoms with van der Waals surface area (Å²) in [5.74, 6) is -1.32. The normalized spacial score (nSPS) is 21.3. The van der Waals surface area contributed by atoms with Gasteiger partial charge in [0.2, 0.25) is 0 Å². The van der Waals surface area contributed by atoms with Crippen LogP contribution in [0, 0.1) is 6.92 Å². The highest BCUT2D eigenvalue weighted by Crippen LogP contribution is 2.41. The van der Waals surface area contributed by atoms with Gasteiger partial charge in [-0.1, -0.05) is 0 Å². The molecule has 1 fully saturated rings. The monoisotopic (exact) mass is 291 g/mol. The number of aliphatic carboxylic acids is 1. The lowest BCUT2D eigenvalue weighted by molar-refractivity contribution is -0.137. The minimum atomic E-state index is -0.891. The first-order chi connectivity index (χ1) is 9.62. The van der Waals surface area contributed by atoms with E-state index in [1.54, 1.807) is 6.20 Å². The maximum Gasteiger partial charge on any atom is 0.468 e. The number of aryl methyl sites for hydroxylation is 1. The van der Waals surface area contributed by atoms with Crippen molar-refractivity contribution in [3.63, 3.8) is 0 Å². The average molecular weight is 291 g/mol. The molecule has 1 aromatic heterocycles. The molecule has 0 aromatic carbocycles. The van der Waals surface area contributed by atoms with Crippen molar-refractivity contribution in [2.75, 3.05) is 0 Å². The van der Waals surface area contributed by atoms with Gasteiger partial charge in [0.05, 0.1) is 17.6 Å². The summed E-state index contributed by atoms with van der Waals surface area (Å²) in [6.45, 7) is 9.76. The lowest BCUT2D eigenvalue weighted by Gasteiger charge is -2.32. The maximum absolute atomic E-state index is 11.2. The quantitative estimate of drug-likeness (QED) is 0.863. The van der Waals surface area contributed by atoms with Crippen molar-refractivity contribution >= 4 is 13.1 Å². The predicted octanol–water partition coefficient (Wildman–Crippen LogP) is 2.58. The van der Waals surface area contributed by atoms with Crippen LogP contribution in [0.4, 0.5) is 0 Å². The van der Waals surface area contributed by atoms with Crippen LogP contribution in [0.5, 0.6) is 0 Å². The van der Waals surface area contributed by atoms with Crippen LogP contribution < -0.4 is 0 Å². The van der Waals surface area contributed by atoms with Crippen LogP contribution in [0.2, 0.25) is 0 Å². The van der Waals surface area contributed by atoms with E-state index >= 15 is 0 Å². The molecule has 6 heteroatoms. The van der Waals surface area contributed by atoms with Gasteiger partial charge in [-0.15, -0.1) is 0 Å². The topological polar surface area (TPSA) is 68.7 Å². The van der Waals surface area contributed by atoms with Gasteiger partial charge >= 0.3 is 13.1 Å². The van der Waals surface area contributed by atoms with Gasteiger partial charge in [-0.3, -0.25) is 9.78 Å². The molecule has 2 rings (SSSR count). The number of carboxylic acid groups (broad SMARTS) is 1. The molecule has 0 aliphatic carbocycles. The fourth-order valence-electron chi connectivity index (χ4n) is 2.34. The fourth-order valence-corrected chi connectivity index (χ4v) is 2.34. The highest BCUT2D eigenvalue weighted by Gasteiger charge is 2.54. The van der Waals surface area contributed by atoms with Gasteiger partial charge in [0.25, 0.3) is 0 Å². The van der Waals surface area contributed by atoms with Gasteiger partial charge in [-0.2, -0.15) is 0 Å². The van der Waals surface area contributed by atoms with Crippen LogP contribution in [-0.2, 0) is 14.1 Å². The predicted molar refractivity (Wildman–Crippen MR) is 80.0 cm³/mol. The Morgan fingerprint density at radius 3 is 2.38 bits per heavy atom. The summed E-state index contributed by atoms with van der Waals surface area (Å²) < 4.78 is 12.0. The number of aromatic nitrogens is 1. The highest BCUT2D eigenvalue weighted by atomic mass is 16.7. The van der Waals surface area contributed by atoms with Crippen LogP contribution in [0.25, 0.3) is 0 Å². The van der Waals surface area contributed by atoms with E-state index in [4.69, 9.17) is 9.31 Å². The molecule has 0 saturated carbocycles. The van der Waals surface area contributed by atoms with Crippen molar-refractivity contribution in [1.29, 1.82) is 0 Å². The zero-order valence-corrected chi connectivity index (χ0v) is 13.2. The Labute approximate surface area is 125 Å². The molecule has 1 saturated heterocycles. The number of pyridine rings is 1. The van der Waals surface area contributed by atoms with Crippen molar-refractivity contribution in [1.82, 2.24) is 4.98 Å². The average Bonchev–Trinajstić information content (AvgIpc) is 2.55. The summed E-state index contributed by atoms with van der Waals surface area (Å²) in [7, 11) is -0.611. The molecule has 0 radical (unpaired) electrons. The Hall–Kier alpha value is -1.40. The number of hydrogen-bond donors (Lipinski definition) is 1. The molecule has 2 heterocycles. The maximum atomic E-state index is 11.2. The minimum Gasteiger partial charge on any atom is -0.481 e. The Balaban J connectivity index is 2.32. The lowest BCUT2D eigenvalue weighted by atomic mass is 9.67. The van der Waals surface area contributed by atoms with Crippen molar-refractivity contribution in [3.05, 3.63) is 29.6 Å². The third-order valence-corrected chi connectivity index (χ3v) is 4.31. The van der Waals surface area contributed by atoms with Crippen molar-refractivity contribution in [3.8, 4) is 0 Å². The van der Waals surface area contributed by atoms with E-state index in [0.29, 0.717) is 5.69 Å². The van der Waals surface area contributed by atoms with E-state index in [0.717, 1.165) is 5.56 Å². The number of carboxylic acids is 1. The molecular weight excluding hydrogens is 269 g/mol. The molecule has 1 aliphatic heterocycles. The van der Waals surface area contributed by atoms with E-state index in [2.05, 4.69) is 4.98 Å². The molecule has 1 N–H and O–H groups in total. The van der Waals surface area contributed by atoms with E-state index in [9.17, 15) is 9.90 Å². The molecule has 21 heavy (non-hydrogen) atoms. The Morgan fingerprint density at radius 2 is 1.90 bits per heavy atom. The number of rotatable bonds is 4. The largest absolute Gasteiger partial charge is 0.481 e. The first-order valence-corrected chi connectivity index (χ1v) is 7.12. The van der Waals surface area contributed by atoms with Gasteiger partial charge in [0, 0.05) is 17.7 Å². The summed E-state index contributed by atoms with van der Waals surface area (Å²) >= 11 is 0. The number of hydrogen-bond acceptors (Lipinski definition) is 4. The van der Waals surface area contributed by atoms with Crippen molar-refractivity contribution in [2.24, 2.45) is 0 Å².